The second-order valence-corrected chi connectivity index (χ2v) is 5.35. The molecule has 1 aliphatic rings. The van der Waals surface area contributed by atoms with Crippen LogP contribution in [0, 0.1) is 5.92 Å². The molecule has 3 heterocycles. The molecule has 0 spiro atoms. The fourth-order valence-corrected chi connectivity index (χ4v) is 2.67. The van der Waals surface area contributed by atoms with Crippen LogP contribution in [0.25, 0.3) is 0 Å². The third-order valence-corrected chi connectivity index (χ3v) is 3.74. The number of hydrogen-bond donors (Lipinski definition) is 2. The number of aromatic hydroxyl groups is 1. The quantitative estimate of drug-likeness (QED) is 0.899. The molecule has 2 aromatic rings. The first kappa shape index (κ1) is 14.5. The number of anilines is 1. The summed E-state index contributed by atoms with van der Waals surface area (Å²) in [6.07, 6.45) is 6.31. The van der Waals surface area contributed by atoms with Crippen molar-refractivity contribution in [2.75, 3.05) is 11.9 Å². The molecular weight excluding hydrogens is 284 g/mol. The monoisotopic (exact) mass is 302 g/mol. The second kappa shape index (κ2) is 6.15. The predicted molar refractivity (Wildman–Crippen MR) is 79.2 cm³/mol. The van der Waals surface area contributed by atoms with Crippen LogP contribution in [0.3, 0.4) is 0 Å². The molecule has 0 saturated carbocycles. The number of nitrogens with zero attached hydrogens (tertiary/aromatic N) is 3. The normalized spacial score (nSPS) is 21.5. The molecule has 1 fully saturated rings. The average molecular weight is 302 g/mol. The van der Waals surface area contributed by atoms with E-state index in [4.69, 9.17) is 4.74 Å². The van der Waals surface area contributed by atoms with E-state index in [-0.39, 0.29) is 29.5 Å². The number of aryl methyl sites for hydroxylation is 1. The summed E-state index contributed by atoms with van der Waals surface area (Å²) in [7, 11) is 1.83. The summed E-state index contributed by atoms with van der Waals surface area (Å²) in [6, 6.07) is 3.09. The van der Waals surface area contributed by atoms with Gasteiger partial charge in [-0.25, -0.2) is 4.98 Å². The molecule has 2 atom stereocenters. The van der Waals surface area contributed by atoms with Crippen LogP contribution in [0.15, 0.2) is 30.7 Å². The van der Waals surface area contributed by atoms with E-state index in [1.807, 2.05) is 13.2 Å². The van der Waals surface area contributed by atoms with Crippen LogP contribution < -0.4 is 5.32 Å². The Labute approximate surface area is 127 Å². The third-order valence-electron chi connectivity index (χ3n) is 3.74. The lowest BCUT2D eigenvalue weighted by Crippen LogP contribution is -2.33. The van der Waals surface area contributed by atoms with E-state index in [9.17, 15) is 9.90 Å². The molecule has 0 radical (unpaired) electrons. The zero-order valence-corrected chi connectivity index (χ0v) is 12.3. The Morgan fingerprint density at radius 3 is 3.14 bits per heavy atom. The highest BCUT2D eigenvalue weighted by Crippen LogP contribution is 2.34. The molecule has 0 bridgehead atoms. The lowest BCUT2D eigenvalue weighted by molar-refractivity contribution is -0.129. The van der Waals surface area contributed by atoms with Crippen molar-refractivity contribution in [2.24, 2.45) is 13.0 Å². The van der Waals surface area contributed by atoms with Crippen molar-refractivity contribution in [1.29, 1.82) is 0 Å². The Kier molecular flexibility index (Phi) is 4.06. The number of pyridine rings is 1. The van der Waals surface area contributed by atoms with Crippen molar-refractivity contribution in [3.63, 3.8) is 0 Å². The largest absolute Gasteiger partial charge is 0.504 e. The minimum Gasteiger partial charge on any atom is -0.504 e. The predicted octanol–water partition coefficient (Wildman–Crippen LogP) is 1.63. The van der Waals surface area contributed by atoms with Gasteiger partial charge in [0.25, 0.3) is 0 Å². The molecule has 116 valence electrons. The Bertz CT molecular complexity index is 670. The van der Waals surface area contributed by atoms with E-state index in [1.54, 1.807) is 16.9 Å². The first-order valence-electron chi connectivity index (χ1n) is 7.20. The van der Waals surface area contributed by atoms with E-state index in [2.05, 4.69) is 15.4 Å². The molecule has 3 rings (SSSR count). The number of carbonyl (C=O) groups is 1. The first-order chi connectivity index (χ1) is 10.6. The molecule has 22 heavy (non-hydrogen) atoms. The van der Waals surface area contributed by atoms with Gasteiger partial charge in [-0.2, -0.15) is 5.10 Å². The number of hydrogen-bond acceptors (Lipinski definition) is 5. The molecule has 7 nitrogen and oxygen atoms in total. The van der Waals surface area contributed by atoms with Crippen LogP contribution in [-0.2, 0) is 16.6 Å². The number of amides is 1. The summed E-state index contributed by atoms with van der Waals surface area (Å²) >= 11 is 0. The average Bonchev–Trinajstić information content (AvgIpc) is 2.96. The number of aromatic nitrogens is 3. The van der Waals surface area contributed by atoms with Gasteiger partial charge in [0.1, 0.15) is 0 Å². The van der Waals surface area contributed by atoms with Crippen molar-refractivity contribution in [3.05, 3.63) is 36.3 Å². The van der Waals surface area contributed by atoms with Crippen LogP contribution in [0.5, 0.6) is 5.75 Å². The highest BCUT2D eigenvalue weighted by molar-refractivity contribution is 5.93. The summed E-state index contributed by atoms with van der Waals surface area (Å²) < 4.78 is 7.47. The van der Waals surface area contributed by atoms with Crippen LogP contribution in [-0.4, -0.2) is 32.4 Å². The number of nitrogens with one attached hydrogen (secondary N) is 1. The van der Waals surface area contributed by atoms with E-state index in [0.29, 0.717) is 6.61 Å². The molecule has 1 saturated heterocycles. The first-order valence-corrected chi connectivity index (χ1v) is 7.20. The van der Waals surface area contributed by atoms with Gasteiger partial charge in [0.05, 0.1) is 18.2 Å². The topological polar surface area (TPSA) is 89.3 Å². The van der Waals surface area contributed by atoms with Gasteiger partial charge in [-0.15, -0.1) is 0 Å². The van der Waals surface area contributed by atoms with Crippen molar-refractivity contribution < 1.29 is 14.6 Å². The van der Waals surface area contributed by atoms with E-state index >= 15 is 0 Å². The zero-order chi connectivity index (χ0) is 15.5. The molecule has 0 aliphatic carbocycles. The standard InChI is InChI=1S/C15H18N4O3/c1-19-9-10(8-17-19)13-11(4-3-7-22-13)15(21)18-14-12(20)5-2-6-16-14/h2,5-6,8-9,11,13,20H,3-4,7H2,1H3,(H,16,18,21)/t11-,13+/m1/s1. The highest BCUT2D eigenvalue weighted by Gasteiger charge is 2.34. The smallest absolute Gasteiger partial charge is 0.231 e. The van der Waals surface area contributed by atoms with Crippen molar-refractivity contribution in [2.45, 2.75) is 18.9 Å². The molecule has 1 aliphatic heterocycles. The summed E-state index contributed by atoms with van der Waals surface area (Å²) in [6.45, 7) is 0.623. The molecule has 1 amide bonds. The molecular formula is C15H18N4O3. The van der Waals surface area contributed by atoms with Gasteiger partial charge in [-0.1, -0.05) is 0 Å². The van der Waals surface area contributed by atoms with Gasteiger partial charge in [-0.3, -0.25) is 9.48 Å². The third kappa shape index (κ3) is 2.94. The number of ether oxygens (including phenoxy) is 1. The van der Waals surface area contributed by atoms with Gasteiger partial charge in [0, 0.05) is 31.6 Å². The lowest BCUT2D eigenvalue weighted by Gasteiger charge is -2.30. The van der Waals surface area contributed by atoms with Gasteiger partial charge >= 0.3 is 0 Å². The molecule has 0 aromatic carbocycles. The van der Waals surface area contributed by atoms with E-state index in [0.717, 1.165) is 18.4 Å². The van der Waals surface area contributed by atoms with Crippen molar-refractivity contribution in [1.82, 2.24) is 14.8 Å². The highest BCUT2D eigenvalue weighted by atomic mass is 16.5. The summed E-state index contributed by atoms with van der Waals surface area (Å²) in [5.41, 5.74) is 0.882. The van der Waals surface area contributed by atoms with Crippen molar-refractivity contribution >= 4 is 11.7 Å². The fraction of sp³-hybridized carbons (Fsp3) is 0.400. The SMILES string of the molecule is Cn1cc([C@@H]2OCCC[C@H]2C(=O)Nc2ncccc2O)cn1. The maximum absolute atomic E-state index is 12.5. The molecule has 7 heteroatoms. The lowest BCUT2D eigenvalue weighted by atomic mass is 9.90. The Balaban J connectivity index is 1.78. The minimum atomic E-state index is -0.334. The van der Waals surface area contributed by atoms with Crippen LogP contribution in [0.1, 0.15) is 24.5 Å². The van der Waals surface area contributed by atoms with E-state index < -0.39 is 0 Å². The summed E-state index contributed by atoms with van der Waals surface area (Å²) in [5, 5.41) is 16.5. The maximum Gasteiger partial charge on any atom is 0.231 e. The van der Waals surface area contributed by atoms with Gasteiger partial charge in [0.15, 0.2) is 11.6 Å². The van der Waals surface area contributed by atoms with Crippen LogP contribution >= 0.6 is 0 Å². The molecule has 2 N–H and O–H groups in total. The fourth-order valence-electron chi connectivity index (χ4n) is 2.67. The molecule has 0 unspecified atom stereocenters. The van der Waals surface area contributed by atoms with Gasteiger partial charge in [-0.05, 0) is 25.0 Å². The maximum atomic E-state index is 12.5. The number of rotatable bonds is 3. The second-order valence-electron chi connectivity index (χ2n) is 5.35. The van der Waals surface area contributed by atoms with Crippen LogP contribution in [0.2, 0.25) is 0 Å². The van der Waals surface area contributed by atoms with Crippen LogP contribution in [0.4, 0.5) is 5.82 Å². The minimum absolute atomic E-state index is 0.0505. The Morgan fingerprint density at radius 2 is 2.41 bits per heavy atom. The summed E-state index contributed by atoms with van der Waals surface area (Å²) in [4.78, 5) is 16.5. The zero-order valence-electron chi connectivity index (χ0n) is 12.3. The Morgan fingerprint density at radius 1 is 1.55 bits per heavy atom. The summed E-state index contributed by atoms with van der Waals surface area (Å²) in [5.74, 6) is -0.421. The van der Waals surface area contributed by atoms with Crippen molar-refractivity contribution in [3.8, 4) is 5.75 Å². The Hall–Kier alpha value is -2.41. The number of carbonyl (C=O) groups excluding carboxylic acids is 1. The van der Waals surface area contributed by atoms with E-state index in [1.165, 1.54) is 12.3 Å². The van der Waals surface area contributed by atoms with Gasteiger partial charge in [0.2, 0.25) is 5.91 Å². The van der Waals surface area contributed by atoms with Gasteiger partial charge < -0.3 is 15.2 Å². The molecule has 2 aromatic heterocycles.